The van der Waals surface area contributed by atoms with Crippen molar-refractivity contribution in [3.05, 3.63) is 76.3 Å². The minimum atomic E-state index is -5.31. The lowest BCUT2D eigenvalue weighted by Crippen LogP contribution is -2.59. The summed E-state index contributed by atoms with van der Waals surface area (Å²) in [7, 11) is 0.339. The van der Waals surface area contributed by atoms with Crippen molar-refractivity contribution in [1.29, 1.82) is 0 Å². The highest BCUT2D eigenvalue weighted by atomic mass is 35.5. The molecular formula is C33H35ClF3N3O9S. The van der Waals surface area contributed by atoms with Crippen molar-refractivity contribution in [2.24, 2.45) is 0 Å². The third-order valence-corrected chi connectivity index (χ3v) is 10.5. The molecule has 1 fully saturated rings. The van der Waals surface area contributed by atoms with Gasteiger partial charge in [0.25, 0.3) is 15.9 Å². The lowest BCUT2D eigenvalue weighted by molar-refractivity contribution is -0.275. The number of alkyl halides is 3. The van der Waals surface area contributed by atoms with Gasteiger partial charge in [0.2, 0.25) is 5.91 Å². The number of carbonyl (C=O) groups excluding carboxylic acids is 2. The number of nitrogens with zero attached hydrogens (tertiary/aromatic N) is 3. The fraction of sp³-hybridized carbons (Fsp3) is 0.394. The molecule has 50 heavy (non-hydrogen) atoms. The second-order valence-electron chi connectivity index (χ2n) is 11.9. The summed E-state index contributed by atoms with van der Waals surface area (Å²) < 4.78 is 91.4. The van der Waals surface area contributed by atoms with E-state index in [0.29, 0.717) is 9.87 Å². The van der Waals surface area contributed by atoms with E-state index in [0.717, 1.165) is 18.2 Å². The molecule has 1 saturated heterocycles. The first-order valence-corrected chi connectivity index (χ1v) is 17.0. The lowest BCUT2D eigenvalue weighted by Gasteiger charge is -2.42. The van der Waals surface area contributed by atoms with Crippen LogP contribution >= 0.6 is 11.6 Å². The number of fused-ring (bicyclic) bond motifs is 1. The number of sulfonamides is 1. The van der Waals surface area contributed by atoms with Crippen molar-refractivity contribution in [3.8, 4) is 17.2 Å². The van der Waals surface area contributed by atoms with Crippen LogP contribution in [0.4, 0.5) is 18.9 Å². The number of likely N-dealkylation sites (tertiary alicyclic amines) is 1. The van der Waals surface area contributed by atoms with Gasteiger partial charge >= 0.3 is 6.36 Å². The zero-order valence-electron chi connectivity index (χ0n) is 27.7. The normalized spacial score (nSPS) is 20.9. The van der Waals surface area contributed by atoms with E-state index in [4.69, 9.17) is 25.8 Å². The van der Waals surface area contributed by atoms with Crippen molar-refractivity contribution in [2.75, 3.05) is 52.4 Å². The molecule has 0 spiro atoms. The molecule has 0 saturated carbocycles. The van der Waals surface area contributed by atoms with Crippen LogP contribution in [-0.4, -0.2) is 102 Å². The number of aryl methyl sites for hydroxylation is 1. The van der Waals surface area contributed by atoms with Crippen molar-refractivity contribution < 1.29 is 55.2 Å². The van der Waals surface area contributed by atoms with E-state index in [1.165, 1.54) is 56.3 Å². The molecule has 2 amide bonds. The number of aliphatic hydroxyl groups excluding tert-OH is 1. The van der Waals surface area contributed by atoms with Crippen molar-refractivity contribution >= 4 is 39.1 Å². The molecule has 3 aromatic rings. The van der Waals surface area contributed by atoms with Gasteiger partial charge < -0.3 is 29.0 Å². The fourth-order valence-electron chi connectivity index (χ4n) is 6.55. The molecule has 0 bridgehead atoms. The number of amides is 2. The van der Waals surface area contributed by atoms with Gasteiger partial charge in [-0.3, -0.25) is 14.5 Å². The van der Waals surface area contributed by atoms with E-state index in [1.54, 1.807) is 25.1 Å². The number of halogens is 4. The van der Waals surface area contributed by atoms with E-state index in [-0.39, 0.29) is 59.5 Å². The second-order valence-corrected chi connectivity index (χ2v) is 14.1. The molecule has 3 aromatic carbocycles. The van der Waals surface area contributed by atoms with E-state index >= 15 is 4.79 Å². The summed E-state index contributed by atoms with van der Waals surface area (Å²) in [4.78, 5) is 31.2. The Bertz CT molecular complexity index is 1910. The van der Waals surface area contributed by atoms with Gasteiger partial charge in [0, 0.05) is 42.9 Å². The number of rotatable bonds is 11. The molecule has 1 N–H and O–H groups in total. The quantitative estimate of drug-likeness (QED) is 0.307. The topological polar surface area (TPSA) is 135 Å². The number of methoxy groups -OCH3 is 2. The van der Waals surface area contributed by atoms with Gasteiger partial charge in [-0.2, -0.15) is 0 Å². The van der Waals surface area contributed by atoms with Crippen LogP contribution in [0.15, 0.2) is 59.5 Å². The van der Waals surface area contributed by atoms with Crippen molar-refractivity contribution in [3.63, 3.8) is 0 Å². The first-order chi connectivity index (χ1) is 23.5. The van der Waals surface area contributed by atoms with Crippen LogP contribution in [0.5, 0.6) is 17.2 Å². The van der Waals surface area contributed by atoms with Crippen LogP contribution in [0.25, 0.3) is 0 Å². The molecule has 270 valence electrons. The van der Waals surface area contributed by atoms with E-state index < -0.39 is 56.5 Å². The summed E-state index contributed by atoms with van der Waals surface area (Å²) in [6.07, 6.45) is -5.97. The van der Waals surface area contributed by atoms with Crippen LogP contribution in [0.2, 0.25) is 5.02 Å². The lowest BCUT2D eigenvalue weighted by atomic mass is 9.80. The number of likely N-dealkylation sites (N-methyl/N-ethyl adjacent to an activating group) is 1. The number of anilines is 1. The smallest absolute Gasteiger partial charge is 0.497 e. The molecule has 3 atom stereocenters. The highest BCUT2D eigenvalue weighted by Crippen LogP contribution is 2.55. The molecule has 0 aliphatic carbocycles. The van der Waals surface area contributed by atoms with E-state index in [1.807, 2.05) is 0 Å². The second kappa shape index (κ2) is 13.9. The minimum Gasteiger partial charge on any atom is -0.497 e. The highest BCUT2D eigenvalue weighted by molar-refractivity contribution is 7.93. The number of hydrogen-bond acceptors (Lipinski definition) is 10. The standard InChI is InChI=1S/C33H35ClF3N3O9S/c1-19-6-10-27(47-5)24(14-19)32(39-18-22(48-13-12-41)16-26(39)30(42)38(2)3)23-15-20(34)7-9-25(23)40(31(32)43)50(44,45)29-11-8-21(46-4)17-28(29)49-33(35,36)37/h6-11,14-15,17,22,26,41H,12-13,16,18H2,1-5H3/t22-,26+,32?/m1/s1. The minimum absolute atomic E-state index is 0.0219. The first-order valence-electron chi connectivity index (χ1n) is 15.2. The molecule has 12 nitrogen and oxygen atoms in total. The Morgan fingerprint density at radius 2 is 1.76 bits per heavy atom. The molecular weight excluding hydrogens is 707 g/mol. The Morgan fingerprint density at radius 1 is 1.04 bits per heavy atom. The fourth-order valence-corrected chi connectivity index (χ4v) is 8.29. The summed E-state index contributed by atoms with van der Waals surface area (Å²) in [6.45, 7) is 1.21. The van der Waals surface area contributed by atoms with Crippen molar-refractivity contribution in [2.45, 2.75) is 42.3 Å². The Labute approximate surface area is 291 Å². The maximum atomic E-state index is 15.5. The van der Waals surface area contributed by atoms with Crippen LogP contribution < -0.4 is 18.5 Å². The average Bonchev–Trinajstić information content (AvgIpc) is 3.58. The predicted molar refractivity (Wildman–Crippen MR) is 175 cm³/mol. The van der Waals surface area contributed by atoms with Crippen LogP contribution in [0.3, 0.4) is 0 Å². The first kappa shape index (κ1) is 37.2. The van der Waals surface area contributed by atoms with Crippen molar-refractivity contribution in [1.82, 2.24) is 9.80 Å². The third-order valence-electron chi connectivity index (χ3n) is 8.56. The number of ether oxygens (including phenoxy) is 4. The zero-order valence-corrected chi connectivity index (χ0v) is 29.2. The molecule has 1 unspecified atom stereocenters. The monoisotopic (exact) mass is 741 g/mol. The van der Waals surface area contributed by atoms with Gasteiger partial charge in [-0.15, -0.1) is 13.2 Å². The van der Waals surface area contributed by atoms with Crippen LogP contribution in [0, 0.1) is 6.92 Å². The van der Waals surface area contributed by atoms with E-state index in [9.17, 15) is 31.5 Å². The predicted octanol–water partition coefficient (Wildman–Crippen LogP) is 4.08. The summed E-state index contributed by atoms with van der Waals surface area (Å²) in [6, 6.07) is 10.5. The van der Waals surface area contributed by atoms with Gasteiger partial charge in [-0.05, 0) is 55.8 Å². The number of carbonyl (C=O) groups is 2. The zero-order chi connectivity index (χ0) is 36.8. The molecule has 17 heteroatoms. The van der Waals surface area contributed by atoms with Crippen LogP contribution in [0.1, 0.15) is 23.1 Å². The maximum Gasteiger partial charge on any atom is 0.573 e. The third kappa shape index (κ3) is 6.46. The van der Waals surface area contributed by atoms with Gasteiger partial charge in [0.1, 0.15) is 16.4 Å². The summed E-state index contributed by atoms with van der Waals surface area (Å²) in [5, 5.41) is 9.59. The SMILES string of the molecule is COc1ccc(S(=O)(=O)N2C(=O)C(c3cc(C)ccc3OC)(N3C[C@H](OCCO)C[C@H]3C(=O)N(C)C)c3cc(Cl)ccc32)c(OC(F)(F)F)c1. The van der Waals surface area contributed by atoms with Gasteiger partial charge in [-0.1, -0.05) is 23.2 Å². The van der Waals surface area contributed by atoms with Crippen LogP contribution in [-0.2, 0) is 29.9 Å². The van der Waals surface area contributed by atoms with E-state index in [2.05, 4.69) is 4.74 Å². The van der Waals surface area contributed by atoms with Gasteiger partial charge in [-0.25, -0.2) is 12.7 Å². The Kier molecular flexibility index (Phi) is 10.3. The molecule has 2 aliphatic heterocycles. The average molecular weight is 742 g/mol. The molecule has 0 aromatic heterocycles. The number of hydrogen-bond donors (Lipinski definition) is 1. The maximum absolute atomic E-state index is 15.5. The highest BCUT2D eigenvalue weighted by Gasteiger charge is 2.64. The Morgan fingerprint density at radius 3 is 2.38 bits per heavy atom. The summed E-state index contributed by atoms with van der Waals surface area (Å²) >= 11 is 6.54. The Balaban J connectivity index is 1.86. The number of aliphatic hydroxyl groups is 1. The van der Waals surface area contributed by atoms with Gasteiger partial charge in [0.15, 0.2) is 11.3 Å². The molecule has 2 heterocycles. The summed E-state index contributed by atoms with van der Waals surface area (Å²) in [5.41, 5.74) is -1.60. The largest absolute Gasteiger partial charge is 0.573 e. The molecule has 5 rings (SSSR count). The molecule has 2 aliphatic rings. The molecule has 0 radical (unpaired) electrons. The van der Waals surface area contributed by atoms with Gasteiger partial charge in [0.05, 0.1) is 45.3 Å². The summed E-state index contributed by atoms with van der Waals surface area (Å²) in [5.74, 6) is -2.72. The Hall–Kier alpha value is -4.09. The number of benzene rings is 3.